The van der Waals surface area contributed by atoms with Crippen molar-refractivity contribution in [1.82, 2.24) is 5.32 Å². The molecule has 5 heteroatoms. The number of hydrogen-bond acceptors (Lipinski definition) is 3. The standard InChI is InChI=1S/C23H20BrFN2O/c1-14-5-7-15(8-6-14)20-13-21(19-12-17(24)9-10-22(19)28)27-23(26-20)16-3-2-4-18(25)11-16/h2-12,21,23,27-28H,13H2,1H3/t21-,23+/m0/s1. The maximum Gasteiger partial charge on any atom is 0.126 e. The molecule has 0 amide bonds. The summed E-state index contributed by atoms with van der Waals surface area (Å²) in [4.78, 5) is 4.87. The molecule has 0 fully saturated rings. The molecule has 0 spiro atoms. The Bertz CT molecular complexity index is 1030. The number of nitrogens with one attached hydrogen (secondary N) is 1. The number of aromatic hydroxyl groups is 1. The molecular formula is C23H20BrFN2O. The second kappa shape index (κ2) is 7.86. The van der Waals surface area contributed by atoms with Gasteiger partial charge in [-0.25, -0.2) is 4.39 Å². The molecular weight excluding hydrogens is 419 g/mol. The van der Waals surface area contributed by atoms with Gasteiger partial charge >= 0.3 is 0 Å². The third kappa shape index (κ3) is 4.01. The SMILES string of the molecule is Cc1ccc(C2=N[C@@H](c3cccc(F)c3)N[C@H](c3cc(Br)ccc3O)C2)cc1. The molecule has 0 saturated heterocycles. The molecule has 0 radical (unpaired) electrons. The third-order valence-corrected chi connectivity index (χ3v) is 5.45. The first-order chi connectivity index (χ1) is 13.5. The van der Waals surface area contributed by atoms with Crippen molar-refractivity contribution in [3.8, 4) is 5.75 Å². The lowest BCUT2D eigenvalue weighted by atomic mass is 9.93. The van der Waals surface area contributed by atoms with Crippen LogP contribution >= 0.6 is 15.9 Å². The average Bonchev–Trinajstić information content (AvgIpc) is 2.70. The van der Waals surface area contributed by atoms with E-state index in [2.05, 4.69) is 45.5 Å². The lowest BCUT2D eigenvalue weighted by Gasteiger charge is -2.31. The van der Waals surface area contributed by atoms with Crippen LogP contribution in [0.25, 0.3) is 0 Å². The Morgan fingerprint density at radius 1 is 1.07 bits per heavy atom. The molecule has 3 nitrogen and oxygen atoms in total. The van der Waals surface area contributed by atoms with Crippen molar-refractivity contribution in [2.75, 3.05) is 0 Å². The zero-order valence-electron chi connectivity index (χ0n) is 15.4. The number of phenolic OH excluding ortho intramolecular Hbond substituents is 1. The van der Waals surface area contributed by atoms with E-state index in [9.17, 15) is 9.50 Å². The van der Waals surface area contributed by atoms with E-state index in [0.717, 1.165) is 26.9 Å². The molecule has 2 N–H and O–H groups in total. The molecule has 0 bridgehead atoms. The molecule has 28 heavy (non-hydrogen) atoms. The van der Waals surface area contributed by atoms with E-state index in [0.29, 0.717) is 6.42 Å². The van der Waals surface area contributed by atoms with E-state index < -0.39 is 6.17 Å². The van der Waals surface area contributed by atoms with Crippen LogP contribution in [0.1, 0.15) is 40.9 Å². The van der Waals surface area contributed by atoms with Crippen molar-refractivity contribution in [3.05, 3.63) is 99.3 Å². The third-order valence-electron chi connectivity index (χ3n) is 4.96. The quantitative estimate of drug-likeness (QED) is 0.540. The predicted molar refractivity (Wildman–Crippen MR) is 113 cm³/mol. The lowest BCUT2D eigenvalue weighted by molar-refractivity contribution is 0.411. The number of benzene rings is 3. The molecule has 1 aliphatic heterocycles. The summed E-state index contributed by atoms with van der Waals surface area (Å²) in [6, 6.07) is 19.9. The fourth-order valence-electron chi connectivity index (χ4n) is 3.48. The average molecular weight is 439 g/mol. The molecule has 3 aromatic rings. The Morgan fingerprint density at radius 2 is 1.86 bits per heavy atom. The van der Waals surface area contributed by atoms with Crippen LogP contribution in [-0.2, 0) is 0 Å². The minimum atomic E-state index is -0.399. The summed E-state index contributed by atoms with van der Waals surface area (Å²) in [5, 5.41) is 13.9. The van der Waals surface area contributed by atoms with Gasteiger partial charge in [-0.2, -0.15) is 0 Å². The van der Waals surface area contributed by atoms with E-state index in [1.54, 1.807) is 18.2 Å². The Hall–Kier alpha value is -2.50. The normalized spacial score (nSPS) is 19.3. The van der Waals surface area contributed by atoms with Crippen LogP contribution < -0.4 is 5.32 Å². The van der Waals surface area contributed by atoms with Gasteiger partial charge in [0.2, 0.25) is 0 Å². The van der Waals surface area contributed by atoms with Gasteiger partial charge < -0.3 is 5.11 Å². The minimum Gasteiger partial charge on any atom is -0.508 e. The van der Waals surface area contributed by atoms with Gasteiger partial charge in [0.1, 0.15) is 17.7 Å². The Morgan fingerprint density at radius 3 is 2.61 bits per heavy atom. The van der Waals surface area contributed by atoms with Gasteiger partial charge in [0.15, 0.2) is 0 Å². The number of nitrogens with zero attached hydrogens (tertiary/aromatic N) is 1. The first-order valence-electron chi connectivity index (χ1n) is 9.13. The molecule has 1 aliphatic rings. The largest absolute Gasteiger partial charge is 0.508 e. The van der Waals surface area contributed by atoms with Gasteiger partial charge in [0.05, 0.1) is 0 Å². The van der Waals surface area contributed by atoms with Crippen LogP contribution in [0.15, 0.2) is 76.2 Å². The van der Waals surface area contributed by atoms with Gasteiger partial charge in [-0.15, -0.1) is 0 Å². The van der Waals surface area contributed by atoms with Crippen LogP contribution in [0.5, 0.6) is 5.75 Å². The molecule has 0 aromatic heterocycles. The number of rotatable bonds is 3. The fraction of sp³-hybridized carbons (Fsp3) is 0.174. The summed E-state index contributed by atoms with van der Waals surface area (Å²) in [6.07, 6.45) is 0.225. The monoisotopic (exact) mass is 438 g/mol. The van der Waals surface area contributed by atoms with Crippen LogP contribution in [-0.4, -0.2) is 10.8 Å². The van der Waals surface area contributed by atoms with Crippen LogP contribution in [0.3, 0.4) is 0 Å². The number of aryl methyl sites for hydroxylation is 1. The van der Waals surface area contributed by atoms with E-state index in [1.807, 2.05) is 19.1 Å². The molecule has 0 aliphatic carbocycles. The molecule has 2 atom stereocenters. The van der Waals surface area contributed by atoms with Crippen molar-refractivity contribution in [3.63, 3.8) is 0 Å². The fourth-order valence-corrected chi connectivity index (χ4v) is 3.86. The molecule has 0 unspecified atom stereocenters. The highest BCUT2D eigenvalue weighted by Crippen LogP contribution is 2.35. The maximum absolute atomic E-state index is 13.8. The lowest BCUT2D eigenvalue weighted by Crippen LogP contribution is -2.33. The zero-order valence-corrected chi connectivity index (χ0v) is 16.9. The Labute approximate surface area is 172 Å². The van der Waals surface area contributed by atoms with Crippen molar-refractivity contribution in [2.45, 2.75) is 25.6 Å². The van der Waals surface area contributed by atoms with Gasteiger partial charge in [0, 0.05) is 28.2 Å². The van der Waals surface area contributed by atoms with E-state index >= 15 is 0 Å². The van der Waals surface area contributed by atoms with Crippen molar-refractivity contribution in [2.24, 2.45) is 4.99 Å². The summed E-state index contributed by atoms with van der Waals surface area (Å²) in [5.74, 6) is -0.0670. The smallest absolute Gasteiger partial charge is 0.126 e. The van der Waals surface area contributed by atoms with E-state index in [1.165, 1.54) is 17.7 Å². The van der Waals surface area contributed by atoms with Gasteiger partial charge in [-0.05, 0) is 48.4 Å². The summed E-state index contributed by atoms with van der Waals surface area (Å²) in [5.41, 5.74) is 4.69. The Balaban J connectivity index is 1.77. The van der Waals surface area contributed by atoms with Crippen molar-refractivity contribution in [1.29, 1.82) is 0 Å². The van der Waals surface area contributed by atoms with E-state index in [4.69, 9.17) is 4.99 Å². The van der Waals surface area contributed by atoms with Gasteiger partial charge in [-0.1, -0.05) is 57.9 Å². The van der Waals surface area contributed by atoms with Crippen LogP contribution in [0, 0.1) is 12.7 Å². The summed E-state index contributed by atoms with van der Waals surface area (Å²) in [6.45, 7) is 2.05. The molecule has 142 valence electrons. The number of halogens is 2. The van der Waals surface area contributed by atoms with Crippen molar-refractivity contribution < 1.29 is 9.50 Å². The first-order valence-corrected chi connectivity index (χ1v) is 9.92. The predicted octanol–water partition coefficient (Wildman–Crippen LogP) is 5.82. The summed E-state index contributed by atoms with van der Waals surface area (Å²) < 4.78 is 14.7. The maximum atomic E-state index is 13.8. The van der Waals surface area contributed by atoms with Crippen LogP contribution in [0.2, 0.25) is 0 Å². The summed E-state index contributed by atoms with van der Waals surface area (Å²) in [7, 11) is 0. The number of hydrogen-bond donors (Lipinski definition) is 2. The zero-order chi connectivity index (χ0) is 19.7. The number of phenols is 1. The number of aliphatic imine (C=N–C) groups is 1. The second-order valence-corrected chi connectivity index (χ2v) is 7.94. The van der Waals surface area contributed by atoms with Gasteiger partial charge in [0.25, 0.3) is 0 Å². The minimum absolute atomic E-state index is 0.153. The molecule has 3 aromatic carbocycles. The van der Waals surface area contributed by atoms with Crippen molar-refractivity contribution >= 4 is 21.6 Å². The van der Waals surface area contributed by atoms with Crippen LogP contribution in [0.4, 0.5) is 4.39 Å². The Kier molecular flexibility index (Phi) is 5.29. The highest BCUT2D eigenvalue weighted by molar-refractivity contribution is 9.10. The first kappa shape index (κ1) is 18.8. The molecule has 1 heterocycles. The summed E-state index contributed by atoms with van der Waals surface area (Å²) >= 11 is 3.48. The topological polar surface area (TPSA) is 44.6 Å². The molecule has 4 rings (SSSR count). The van der Waals surface area contributed by atoms with E-state index in [-0.39, 0.29) is 17.6 Å². The highest BCUT2D eigenvalue weighted by atomic mass is 79.9. The second-order valence-electron chi connectivity index (χ2n) is 7.03. The molecule has 0 saturated carbocycles. The van der Waals surface area contributed by atoms with Gasteiger partial charge in [-0.3, -0.25) is 10.3 Å². The highest BCUT2D eigenvalue weighted by Gasteiger charge is 2.28.